The molecule has 1 fully saturated rings. The summed E-state index contributed by atoms with van der Waals surface area (Å²) >= 11 is 9.13. The topological polar surface area (TPSA) is 3.24 Å². The Bertz CT molecular complexity index is 311. The first kappa shape index (κ1) is 11.4. The Labute approximate surface area is 103 Å². The van der Waals surface area contributed by atoms with Gasteiger partial charge >= 0.3 is 0 Å². The molecule has 1 aliphatic rings. The molecule has 1 nitrogen and oxygen atoms in total. The molecule has 82 valence electrons. The molecule has 0 aromatic heterocycles. The maximum absolute atomic E-state index is 4.57. The van der Waals surface area contributed by atoms with Gasteiger partial charge in [0.1, 0.15) is 0 Å². The van der Waals surface area contributed by atoms with E-state index < -0.39 is 0 Å². The molecular weight excluding hydrogens is 222 g/mol. The van der Waals surface area contributed by atoms with Crippen LogP contribution in [0.15, 0.2) is 30.3 Å². The summed E-state index contributed by atoms with van der Waals surface area (Å²) in [6.07, 6.45) is 2.30. The van der Waals surface area contributed by atoms with Crippen LogP contribution in [0.4, 0.5) is 0 Å². The minimum Gasteiger partial charge on any atom is -0.297 e. The van der Waals surface area contributed by atoms with Crippen molar-refractivity contribution in [2.45, 2.75) is 23.5 Å². The zero-order chi connectivity index (χ0) is 10.7. The molecule has 0 spiro atoms. The van der Waals surface area contributed by atoms with Crippen LogP contribution in [0, 0.1) is 0 Å². The van der Waals surface area contributed by atoms with Crippen molar-refractivity contribution in [3.8, 4) is 0 Å². The second-order valence-electron chi connectivity index (χ2n) is 4.28. The van der Waals surface area contributed by atoms with Crippen LogP contribution in [0.5, 0.6) is 0 Å². The van der Waals surface area contributed by atoms with E-state index in [4.69, 9.17) is 0 Å². The number of likely N-dealkylation sites (tertiary alicyclic amines) is 1. The van der Waals surface area contributed by atoms with Crippen LogP contribution < -0.4 is 0 Å². The maximum atomic E-state index is 4.57. The second kappa shape index (κ2) is 4.81. The van der Waals surface area contributed by atoms with E-state index in [0.29, 0.717) is 0 Å². The number of piperidine rings is 1. The third kappa shape index (κ3) is 3.44. The van der Waals surface area contributed by atoms with Crippen LogP contribution in [0.1, 0.15) is 18.4 Å². The maximum Gasteiger partial charge on any atom is 0.0678 e. The van der Waals surface area contributed by atoms with E-state index in [1.807, 2.05) is 0 Å². The van der Waals surface area contributed by atoms with Gasteiger partial charge in [-0.1, -0.05) is 30.3 Å². The van der Waals surface area contributed by atoms with Gasteiger partial charge in [0, 0.05) is 13.1 Å². The van der Waals surface area contributed by atoms with Crippen molar-refractivity contribution in [2.75, 3.05) is 13.1 Å². The van der Waals surface area contributed by atoms with Gasteiger partial charge in [-0.05, 0) is 24.9 Å². The molecule has 2 rings (SSSR count). The minimum atomic E-state index is -0.104. The van der Waals surface area contributed by atoms with Crippen LogP contribution >= 0.6 is 25.3 Å². The van der Waals surface area contributed by atoms with Gasteiger partial charge in [0.05, 0.1) is 4.08 Å². The van der Waals surface area contributed by atoms with Crippen molar-refractivity contribution >= 4 is 25.3 Å². The lowest BCUT2D eigenvalue weighted by atomic mass is 10.1. The number of hydrogen-bond donors (Lipinski definition) is 2. The summed E-state index contributed by atoms with van der Waals surface area (Å²) in [4.78, 5) is 2.43. The van der Waals surface area contributed by atoms with E-state index in [1.54, 1.807) is 0 Å². The molecule has 0 saturated carbocycles. The predicted molar refractivity (Wildman–Crippen MR) is 71.7 cm³/mol. The van der Waals surface area contributed by atoms with Crippen LogP contribution in [-0.4, -0.2) is 22.1 Å². The summed E-state index contributed by atoms with van der Waals surface area (Å²) in [6.45, 7) is 3.15. The molecule has 1 aromatic rings. The average molecular weight is 239 g/mol. The molecule has 0 N–H and O–H groups in total. The molecule has 0 atom stereocenters. The fourth-order valence-electron chi connectivity index (χ4n) is 2.08. The number of nitrogens with zero attached hydrogens (tertiary/aromatic N) is 1. The Balaban J connectivity index is 1.95. The van der Waals surface area contributed by atoms with Gasteiger partial charge < -0.3 is 0 Å². The molecule has 0 bridgehead atoms. The standard InChI is InChI=1S/C12H17NS2/c14-12(15)7-4-8-13(10-12)9-11-5-2-1-3-6-11/h1-3,5-6,14-15H,4,7-10H2. The average Bonchev–Trinajstić information content (AvgIpc) is 2.17. The molecule has 1 aliphatic heterocycles. The van der Waals surface area contributed by atoms with Crippen molar-refractivity contribution in [3.05, 3.63) is 35.9 Å². The fraction of sp³-hybridized carbons (Fsp3) is 0.500. The van der Waals surface area contributed by atoms with Gasteiger partial charge in [0.25, 0.3) is 0 Å². The Kier molecular flexibility index (Phi) is 3.65. The van der Waals surface area contributed by atoms with Gasteiger partial charge in [0.15, 0.2) is 0 Å². The van der Waals surface area contributed by atoms with E-state index >= 15 is 0 Å². The van der Waals surface area contributed by atoms with E-state index in [1.165, 1.54) is 12.0 Å². The molecular formula is C12H17NS2. The van der Waals surface area contributed by atoms with E-state index in [0.717, 1.165) is 26.1 Å². The van der Waals surface area contributed by atoms with Crippen molar-refractivity contribution in [2.24, 2.45) is 0 Å². The van der Waals surface area contributed by atoms with Gasteiger partial charge in [-0.15, -0.1) is 0 Å². The third-order valence-corrected chi connectivity index (χ3v) is 3.51. The van der Waals surface area contributed by atoms with Gasteiger partial charge in [-0.2, -0.15) is 25.3 Å². The van der Waals surface area contributed by atoms with E-state index in [-0.39, 0.29) is 4.08 Å². The van der Waals surface area contributed by atoms with Crippen molar-refractivity contribution in [1.29, 1.82) is 0 Å². The Hall–Kier alpha value is -0.120. The second-order valence-corrected chi connectivity index (χ2v) is 6.35. The first-order valence-corrected chi connectivity index (χ1v) is 6.26. The van der Waals surface area contributed by atoms with E-state index in [2.05, 4.69) is 60.5 Å². The molecule has 1 aromatic carbocycles. The first-order valence-electron chi connectivity index (χ1n) is 5.37. The largest absolute Gasteiger partial charge is 0.297 e. The highest BCUT2D eigenvalue weighted by Crippen LogP contribution is 2.31. The normalized spacial score (nSPS) is 21.5. The van der Waals surface area contributed by atoms with Gasteiger partial charge in [-0.3, -0.25) is 4.90 Å². The minimum absolute atomic E-state index is 0.104. The quantitative estimate of drug-likeness (QED) is 0.593. The van der Waals surface area contributed by atoms with E-state index in [9.17, 15) is 0 Å². The number of hydrogen-bond acceptors (Lipinski definition) is 3. The summed E-state index contributed by atoms with van der Waals surface area (Å²) in [5.41, 5.74) is 1.37. The van der Waals surface area contributed by atoms with Crippen molar-refractivity contribution in [3.63, 3.8) is 0 Å². The molecule has 0 amide bonds. The molecule has 3 heteroatoms. The zero-order valence-electron chi connectivity index (χ0n) is 8.76. The van der Waals surface area contributed by atoms with Gasteiger partial charge in [-0.25, -0.2) is 0 Å². The molecule has 1 saturated heterocycles. The monoisotopic (exact) mass is 239 g/mol. The smallest absolute Gasteiger partial charge is 0.0678 e. The SMILES string of the molecule is SC1(S)CCCN(Cc2ccccc2)C1. The highest BCUT2D eigenvalue weighted by molar-refractivity contribution is 8.00. The summed E-state index contributed by atoms with van der Waals surface area (Å²) in [5.74, 6) is 0. The first-order chi connectivity index (χ1) is 7.16. The van der Waals surface area contributed by atoms with Crippen LogP contribution in [0.3, 0.4) is 0 Å². The van der Waals surface area contributed by atoms with Gasteiger partial charge in [0.2, 0.25) is 0 Å². The highest BCUT2D eigenvalue weighted by atomic mass is 32.2. The Morgan fingerprint density at radius 1 is 1.20 bits per heavy atom. The Morgan fingerprint density at radius 3 is 2.60 bits per heavy atom. The zero-order valence-corrected chi connectivity index (χ0v) is 10.6. The fourth-order valence-corrected chi connectivity index (χ4v) is 2.79. The summed E-state index contributed by atoms with van der Waals surface area (Å²) < 4.78 is -0.104. The summed E-state index contributed by atoms with van der Waals surface area (Å²) in [7, 11) is 0. The van der Waals surface area contributed by atoms with Crippen LogP contribution in [0.25, 0.3) is 0 Å². The van der Waals surface area contributed by atoms with Crippen molar-refractivity contribution < 1.29 is 0 Å². The lowest BCUT2D eigenvalue weighted by Gasteiger charge is -2.36. The molecule has 0 radical (unpaired) electrons. The lowest BCUT2D eigenvalue weighted by Crippen LogP contribution is -2.40. The molecule has 0 unspecified atom stereocenters. The third-order valence-electron chi connectivity index (χ3n) is 2.78. The van der Waals surface area contributed by atoms with Crippen LogP contribution in [0.2, 0.25) is 0 Å². The predicted octanol–water partition coefficient (Wildman–Crippen LogP) is 2.84. The Morgan fingerprint density at radius 2 is 1.93 bits per heavy atom. The molecule has 15 heavy (non-hydrogen) atoms. The lowest BCUT2D eigenvalue weighted by molar-refractivity contribution is 0.218. The molecule has 1 heterocycles. The van der Waals surface area contributed by atoms with Crippen molar-refractivity contribution in [1.82, 2.24) is 4.90 Å². The number of benzene rings is 1. The highest BCUT2D eigenvalue weighted by Gasteiger charge is 2.27. The number of thiol groups is 2. The summed E-state index contributed by atoms with van der Waals surface area (Å²) in [6, 6.07) is 10.6. The van der Waals surface area contributed by atoms with Crippen LogP contribution in [-0.2, 0) is 6.54 Å². The molecule has 0 aliphatic carbocycles. The summed E-state index contributed by atoms with van der Waals surface area (Å²) in [5, 5.41) is 0. The number of rotatable bonds is 2.